The largest absolute Gasteiger partial charge is 3.00 e. The molecule has 22 heavy (non-hydrogen) atoms. The molecule has 0 aromatic rings. The molecule has 12 nitrogen and oxygen atoms in total. The molecular weight excluding hydrogens is 383 g/mol. The number of carboxylic acid groups (broad SMARTS) is 4. The van der Waals surface area contributed by atoms with E-state index < -0.39 is 48.3 Å². The Kier molecular flexibility index (Phi) is 19.6. The Balaban J connectivity index is -0.000000135. The Morgan fingerprint density at radius 2 is 0.636 bits per heavy atom. The summed E-state index contributed by atoms with van der Waals surface area (Å²) in [7, 11) is 0. The molecule has 0 aliphatic carbocycles. The van der Waals surface area contributed by atoms with Gasteiger partial charge in [0.25, 0.3) is 0 Å². The third-order valence-corrected chi connectivity index (χ3v) is 1.56. The van der Waals surface area contributed by atoms with Crippen molar-refractivity contribution in [1.29, 1.82) is 0 Å². The zero-order valence-electron chi connectivity index (χ0n) is 10.7. The summed E-state index contributed by atoms with van der Waals surface area (Å²) >= 11 is 0. The first-order valence-corrected chi connectivity index (χ1v) is 4.49. The SMILES string of the molecule is O=C([O-])[C@H](O)[C@@H](O)C(=O)[O-].O=C([O-])[C@H](O)[C@@H](O)C(=O)[O-].[Fe+3].[K+]. The summed E-state index contributed by atoms with van der Waals surface area (Å²) in [5.41, 5.74) is 0. The normalized spacial score (nSPS) is 14.4. The molecule has 0 aromatic heterocycles. The van der Waals surface area contributed by atoms with E-state index in [-0.39, 0.29) is 68.5 Å². The maximum Gasteiger partial charge on any atom is 3.00 e. The monoisotopic (exact) mass is 391 g/mol. The maximum atomic E-state index is 9.63. The predicted molar refractivity (Wildman–Crippen MR) is 44.1 cm³/mol. The molecule has 0 aliphatic rings. The number of carboxylic acids is 4. The molecule has 1 radical (unpaired) electrons. The van der Waals surface area contributed by atoms with Gasteiger partial charge in [-0.05, 0) is 0 Å². The van der Waals surface area contributed by atoms with Crippen molar-refractivity contribution in [3.05, 3.63) is 0 Å². The van der Waals surface area contributed by atoms with E-state index in [9.17, 15) is 39.6 Å². The summed E-state index contributed by atoms with van der Waals surface area (Å²) in [6.07, 6.45) is -9.76. The van der Waals surface area contributed by atoms with Crippen LogP contribution in [0.3, 0.4) is 0 Å². The average molecular weight is 391 g/mol. The average Bonchev–Trinajstić information content (AvgIpc) is 2.35. The van der Waals surface area contributed by atoms with Crippen LogP contribution >= 0.6 is 0 Å². The molecule has 0 aliphatic heterocycles. The molecule has 0 saturated heterocycles. The Labute approximate surface area is 175 Å². The number of aliphatic hydroxyl groups is 4. The van der Waals surface area contributed by atoms with Gasteiger partial charge >= 0.3 is 68.5 Å². The second-order valence-corrected chi connectivity index (χ2v) is 3.06. The van der Waals surface area contributed by atoms with Crippen LogP contribution in [0.2, 0.25) is 0 Å². The minimum absolute atomic E-state index is 0. The van der Waals surface area contributed by atoms with Crippen molar-refractivity contribution in [1.82, 2.24) is 0 Å². The van der Waals surface area contributed by atoms with E-state index in [1.807, 2.05) is 0 Å². The van der Waals surface area contributed by atoms with Gasteiger partial charge in [0.1, 0.15) is 24.4 Å². The Bertz CT molecular complexity index is 315. The summed E-state index contributed by atoms with van der Waals surface area (Å²) in [4.78, 5) is 38.5. The molecule has 0 rings (SSSR count). The van der Waals surface area contributed by atoms with Gasteiger partial charge in [0.05, 0.1) is 23.9 Å². The summed E-state index contributed by atoms with van der Waals surface area (Å²) in [6.45, 7) is 0. The van der Waals surface area contributed by atoms with E-state index in [4.69, 9.17) is 20.4 Å². The number of aliphatic hydroxyl groups excluding tert-OH is 4. The zero-order chi connectivity index (χ0) is 16.6. The molecular formula is C8H8FeKO12. The molecule has 0 amide bonds. The Hall–Kier alpha value is -0.124. The van der Waals surface area contributed by atoms with Gasteiger partial charge in [-0.2, -0.15) is 0 Å². The van der Waals surface area contributed by atoms with Crippen molar-refractivity contribution in [3.8, 4) is 0 Å². The zero-order valence-corrected chi connectivity index (χ0v) is 14.9. The van der Waals surface area contributed by atoms with E-state index in [0.29, 0.717) is 0 Å². The van der Waals surface area contributed by atoms with Crippen LogP contribution in [0.5, 0.6) is 0 Å². The van der Waals surface area contributed by atoms with Gasteiger partial charge in [-0.3, -0.25) is 0 Å². The van der Waals surface area contributed by atoms with E-state index in [0.717, 1.165) is 0 Å². The van der Waals surface area contributed by atoms with Gasteiger partial charge in [-0.25, -0.2) is 0 Å². The van der Waals surface area contributed by atoms with E-state index in [1.54, 1.807) is 0 Å². The van der Waals surface area contributed by atoms with Crippen LogP contribution in [-0.2, 0) is 36.2 Å². The second-order valence-electron chi connectivity index (χ2n) is 3.06. The fourth-order valence-electron chi connectivity index (χ4n) is 0.516. The van der Waals surface area contributed by atoms with Gasteiger partial charge in [0, 0.05) is 0 Å². The first-order chi connectivity index (χ1) is 8.93. The van der Waals surface area contributed by atoms with Gasteiger partial charge in [-0.15, -0.1) is 0 Å². The number of carbonyl (C=O) groups is 4. The molecule has 0 saturated carbocycles. The second kappa shape index (κ2) is 14.5. The maximum absolute atomic E-state index is 9.63. The third-order valence-electron chi connectivity index (χ3n) is 1.56. The molecule has 0 heterocycles. The fraction of sp³-hybridized carbons (Fsp3) is 0.500. The predicted octanol–water partition coefficient (Wildman–Crippen LogP) is -12.6. The third kappa shape index (κ3) is 12.4. The number of rotatable bonds is 6. The van der Waals surface area contributed by atoms with E-state index >= 15 is 0 Å². The molecule has 0 unspecified atom stereocenters. The van der Waals surface area contributed by atoms with Crippen molar-refractivity contribution >= 4 is 23.9 Å². The van der Waals surface area contributed by atoms with Gasteiger partial charge in [0.15, 0.2) is 0 Å². The van der Waals surface area contributed by atoms with Crippen LogP contribution in [0.15, 0.2) is 0 Å². The summed E-state index contributed by atoms with van der Waals surface area (Å²) in [6, 6.07) is 0. The summed E-state index contributed by atoms with van der Waals surface area (Å²) in [5.74, 6) is -8.23. The molecule has 0 spiro atoms. The minimum Gasteiger partial charge on any atom is -0.547 e. The standard InChI is InChI=1S/2C4H6O6.Fe.K/c2*5-1(3(7)8)2(6)4(9)10;;/h2*1-2,5-6H,(H,7,8)(H,9,10);;/q;;+3;+1/p-4/t2*1-,2-;;/m11../s1. The first kappa shape index (κ1) is 29.8. The number of carbonyl (C=O) groups excluding carboxylic acids is 4. The van der Waals surface area contributed by atoms with Crippen molar-refractivity contribution in [2.24, 2.45) is 0 Å². The molecule has 0 fully saturated rings. The fourth-order valence-corrected chi connectivity index (χ4v) is 0.516. The number of hydrogen-bond acceptors (Lipinski definition) is 12. The van der Waals surface area contributed by atoms with Crippen LogP contribution in [0.4, 0.5) is 0 Å². The van der Waals surface area contributed by atoms with Crippen LogP contribution < -0.4 is 71.8 Å². The van der Waals surface area contributed by atoms with E-state index in [2.05, 4.69) is 0 Å². The quantitative estimate of drug-likeness (QED) is 0.308. The van der Waals surface area contributed by atoms with Gasteiger partial charge in [-0.1, -0.05) is 0 Å². The van der Waals surface area contributed by atoms with Crippen LogP contribution in [0, 0.1) is 0 Å². The molecule has 14 heteroatoms. The molecule has 0 bridgehead atoms. The van der Waals surface area contributed by atoms with Gasteiger partial charge < -0.3 is 60.0 Å². The molecule has 4 N–H and O–H groups in total. The molecule has 121 valence electrons. The topological polar surface area (TPSA) is 241 Å². The van der Waals surface area contributed by atoms with E-state index in [1.165, 1.54) is 0 Å². The number of aliphatic carboxylic acids is 4. The first-order valence-electron chi connectivity index (χ1n) is 4.49. The smallest absolute Gasteiger partial charge is 0.547 e. The van der Waals surface area contributed by atoms with Gasteiger partial charge in [0.2, 0.25) is 0 Å². The molecule has 4 atom stereocenters. The summed E-state index contributed by atoms with van der Waals surface area (Å²) in [5, 5.41) is 71.5. The number of hydrogen-bond donors (Lipinski definition) is 4. The van der Waals surface area contributed by atoms with Crippen LogP contribution in [0.1, 0.15) is 0 Å². The van der Waals surface area contributed by atoms with Crippen molar-refractivity contribution in [2.75, 3.05) is 0 Å². The summed E-state index contributed by atoms with van der Waals surface area (Å²) < 4.78 is 0. The van der Waals surface area contributed by atoms with Crippen molar-refractivity contribution in [3.63, 3.8) is 0 Å². The van der Waals surface area contributed by atoms with Crippen molar-refractivity contribution in [2.45, 2.75) is 24.4 Å². The van der Waals surface area contributed by atoms with Crippen molar-refractivity contribution < 1.29 is 128 Å². The van der Waals surface area contributed by atoms with Crippen LogP contribution in [0.25, 0.3) is 0 Å². The molecule has 0 aromatic carbocycles. The minimum atomic E-state index is -2.44. The Morgan fingerprint density at radius 3 is 0.682 bits per heavy atom. The van der Waals surface area contributed by atoms with Crippen LogP contribution in [-0.4, -0.2) is 68.7 Å². The Morgan fingerprint density at radius 1 is 0.545 bits per heavy atom.